The molecular formula is C15H14O2S2. The van der Waals surface area contributed by atoms with Crippen LogP contribution < -0.4 is 0 Å². The molecular weight excluding hydrogens is 276 g/mol. The molecule has 0 amide bonds. The van der Waals surface area contributed by atoms with Crippen LogP contribution in [0.3, 0.4) is 0 Å². The third kappa shape index (κ3) is 4.26. The Morgan fingerprint density at radius 1 is 1.42 bits per heavy atom. The van der Waals surface area contributed by atoms with Crippen LogP contribution >= 0.6 is 23.1 Å². The van der Waals surface area contributed by atoms with Crippen molar-refractivity contribution in [2.75, 3.05) is 0 Å². The number of thiophene rings is 1. The summed E-state index contributed by atoms with van der Waals surface area (Å²) in [4.78, 5) is 13.0. The van der Waals surface area contributed by atoms with Gasteiger partial charge in [0.15, 0.2) is 0 Å². The van der Waals surface area contributed by atoms with Gasteiger partial charge in [0.05, 0.1) is 0 Å². The molecule has 1 aromatic heterocycles. The Hall–Kier alpha value is -1.52. The highest BCUT2D eigenvalue weighted by Gasteiger charge is 2.02. The Labute approximate surface area is 120 Å². The quantitative estimate of drug-likeness (QED) is 0.653. The maximum atomic E-state index is 10.4. The Morgan fingerprint density at radius 3 is 2.95 bits per heavy atom. The van der Waals surface area contributed by atoms with Gasteiger partial charge in [-0.05, 0) is 41.6 Å². The largest absolute Gasteiger partial charge is 0.478 e. The second-order valence-corrected chi connectivity index (χ2v) is 6.09. The van der Waals surface area contributed by atoms with Gasteiger partial charge in [0.25, 0.3) is 0 Å². The minimum atomic E-state index is -0.915. The Balaban J connectivity index is 1.97. The van der Waals surface area contributed by atoms with E-state index in [1.807, 2.05) is 35.3 Å². The summed E-state index contributed by atoms with van der Waals surface area (Å²) in [6.45, 7) is 2.11. The molecule has 1 heterocycles. The van der Waals surface area contributed by atoms with Crippen molar-refractivity contribution in [3.05, 3.63) is 57.8 Å². The van der Waals surface area contributed by atoms with Crippen molar-refractivity contribution in [3.63, 3.8) is 0 Å². The number of aliphatic carboxylic acids is 1. The lowest BCUT2D eigenvalue weighted by Crippen LogP contribution is -1.84. The molecule has 1 N–H and O–H groups in total. The molecule has 2 aromatic rings. The smallest absolute Gasteiger partial charge is 0.328 e. The summed E-state index contributed by atoms with van der Waals surface area (Å²) < 4.78 is 0. The second-order valence-electron chi connectivity index (χ2n) is 4.07. The molecule has 0 saturated carbocycles. The van der Waals surface area contributed by atoms with E-state index in [1.54, 1.807) is 17.4 Å². The van der Waals surface area contributed by atoms with Gasteiger partial charge in [-0.3, -0.25) is 0 Å². The van der Waals surface area contributed by atoms with Gasteiger partial charge in [0, 0.05) is 21.6 Å². The van der Waals surface area contributed by atoms with Gasteiger partial charge in [-0.15, -0.1) is 23.1 Å². The number of aryl methyl sites for hydroxylation is 1. The molecule has 4 heteroatoms. The van der Waals surface area contributed by atoms with Gasteiger partial charge < -0.3 is 5.11 Å². The van der Waals surface area contributed by atoms with Crippen LogP contribution in [0.1, 0.15) is 16.0 Å². The van der Waals surface area contributed by atoms with Gasteiger partial charge in [0.2, 0.25) is 0 Å². The van der Waals surface area contributed by atoms with E-state index < -0.39 is 5.97 Å². The van der Waals surface area contributed by atoms with Crippen LogP contribution in [0.4, 0.5) is 0 Å². The van der Waals surface area contributed by atoms with Crippen molar-refractivity contribution in [1.29, 1.82) is 0 Å². The lowest BCUT2D eigenvalue weighted by atomic mass is 10.2. The first-order valence-electron chi connectivity index (χ1n) is 5.82. The summed E-state index contributed by atoms with van der Waals surface area (Å²) in [5, 5.41) is 10.6. The molecule has 2 rings (SSSR count). The van der Waals surface area contributed by atoms with Gasteiger partial charge in [-0.2, -0.15) is 0 Å². The van der Waals surface area contributed by atoms with E-state index in [0.29, 0.717) is 0 Å². The SMILES string of the molecule is Cc1ccccc1SCc1cc(C=CC(=O)O)cs1. The Bertz CT molecular complexity index is 600. The molecule has 98 valence electrons. The van der Waals surface area contributed by atoms with E-state index >= 15 is 0 Å². The zero-order valence-corrected chi connectivity index (χ0v) is 12.1. The maximum Gasteiger partial charge on any atom is 0.328 e. The molecule has 19 heavy (non-hydrogen) atoms. The Kier molecular flexibility index (Phi) is 4.82. The fourth-order valence-electron chi connectivity index (χ4n) is 1.60. The van der Waals surface area contributed by atoms with Gasteiger partial charge >= 0.3 is 5.97 Å². The molecule has 0 aliphatic heterocycles. The third-order valence-corrected chi connectivity index (χ3v) is 4.92. The first kappa shape index (κ1) is 13.9. The second kappa shape index (κ2) is 6.59. The summed E-state index contributed by atoms with van der Waals surface area (Å²) >= 11 is 3.47. The highest BCUT2D eigenvalue weighted by Crippen LogP contribution is 2.28. The van der Waals surface area contributed by atoms with E-state index in [2.05, 4.69) is 19.1 Å². The fourth-order valence-corrected chi connectivity index (χ4v) is 3.53. The third-order valence-electron chi connectivity index (χ3n) is 2.56. The normalized spacial score (nSPS) is 11.0. The number of carbonyl (C=O) groups is 1. The van der Waals surface area contributed by atoms with Crippen LogP contribution in [-0.4, -0.2) is 11.1 Å². The van der Waals surface area contributed by atoms with Crippen LogP contribution in [0.2, 0.25) is 0 Å². The van der Waals surface area contributed by atoms with E-state index in [4.69, 9.17) is 5.11 Å². The number of hydrogen-bond donors (Lipinski definition) is 1. The molecule has 0 fully saturated rings. The molecule has 2 nitrogen and oxygen atoms in total. The summed E-state index contributed by atoms with van der Waals surface area (Å²) in [5.74, 6) is -0.00166. The standard InChI is InChI=1S/C15H14O2S2/c1-11-4-2-3-5-14(11)19-10-13-8-12(9-18-13)6-7-15(16)17/h2-9H,10H2,1H3,(H,16,17). The van der Waals surface area contributed by atoms with Crippen LogP contribution in [0.5, 0.6) is 0 Å². The maximum absolute atomic E-state index is 10.4. The molecule has 0 unspecified atom stereocenters. The molecule has 0 saturated heterocycles. The number of carboxylic acid groups (broad SMARTS) is 1. The van der Waals surface area contributed by atoms with Crippen molar-refractivity contribution in [2.45, 2.75) is 17.6 Å². The number of benzene rings is 1. The van der Waals surface area contributed by atoms with E-state index in [-0.39, 0.29) is 0 Å². The van der Waals surface area contributed by atoms with Crippen LogP contribution in [0.25, 0.3) is 6.08 Å². The Morgan fingerprint density at radius 2 is 2.21 bits per heavy atom. The number of rotatable bonds is 5. The summed E-state index contributed by atoms with van der Waals surface area (Å²) in [6.07, 6.45) is 2.79. The zero-order chi connectivity index (χ0) is 13.7. The van der Waals surface area contributed by atoms with Crippen LogP contribution in [-0.2, 0) is 10.5 Å². The number of hydrogen-bond acceptors (Lipinski definition) is 3. The first-order valence-corrected chi connectivity index (χ1v) is 7.68. The molecule has 0 aliphatic rings. The van der Waals surface area contributed by atoms with Crippen LogP contribution in [0, 0.1) is 6.92 Å². The molecule has 1 aromatic carbocycles. The highest BCUT2D eigenvalue weighted by atomic mass is 32.2. The van der Waals surface area contributed by atoms with Gasteiger partial charge in [0.1, 0.15) is 0 Å². The lowest BCUT2D eigenvalue weighted by Gasteiger charge is -2.03. The predicted octanol–water partition coefficient (Wildman–Crippen LogP) is 4.45. The predicted molar refractivity (Wildman–Crippen MR) is 81.7 cm³/mol. The summed E-state index contributed by atoms with van der Waals surface area (Å²) in [5.41, 5.74) is 2.24. The average Bonchev–Trinajstić information content (AvgIpc) is 2.83. The van der Waals surface area contributed by atoms with Crippen molar-refractivity contribution in [2.24, 2.45) is 0 Å². The van der Waals surface area contributed by atoms with E-state index in [1.165, 1.54) is 21.4 Å². The van der Waals surface area contributed by atoms with E-state index in [0.717, 1.165) is 11.3 Å². The molecule has 0 radical (unpaired) electrons. The highest BCUT2D eigenvalue weighted by molar-refractivity contribution is 7.98. The van der Waals surface area contributed by atoms with Crippen molar-refractivity contribution >= 4 is 35.1 Å². The fraction of sp³-hybridized carbons (Fsp3) is 0.133. The monoisotopic (exact) mass is 290 g/mol. The summed E-state index contributed by atoms with van der Waals surface area (Å²) in [7, 11) is 0. The number of carboxylic acids is 1. The van der Waals surface area contributed by atoms with Crippen molar-refractivity contribution < 1.29 is 9.90 Å². The topological polar surface area (TPSA) is 37.3 Å². The van der Waals surface area contributed by atoms with Crippen molar-refractivity contribution in [3.8, 4) is 0 Å². The van der Waals surface area contributed by atoms with Gasteiger partial charge in [-0.1, -0.05) is 18.2 Å². The summed E-state index contributed by atoms with van der Waals surface area (Å²) in [6, 6.07) is 10.4. The minimum absolute atomic E-state index is 0.913. The first-order chi connectivity index (χ1) is 9.15. The zero-order valence-electron chi connectivity index (χ0n) is 10.5. The van der Waals surface area contributed by atoms with Crippen molar-refractivity contribution in [1.82, 2.24) is 0 Å². The molecule has 0 aliphatic carbocycles. The molecule has 0 atom stereocenters. The van der Waals surface area contributed by atoms with E-state index in [9.17, 15) is 4.79 Å². The lowest BCUT2D eigenvalue weighted by molar-refractivity contribution is -0.131. The minimum Gasteiger partial charge on any atom is -0.478 e. The molecule has 0 bridgehead atoms. The number of thioether (sulfide) groups is 1. The average molecular weight is 290 g/mol. The van der Waals surface area contributed by atoms with Gasteiger partial charge in [-0.25, -0.2) is 4.79 Å². The molecule has 0 spiro atoms. The van der Waals surface area contributed by atoms with Crippen LogP contribution in [0.15, 0.2) is 46.7 Å².